The zero-order valence-corrected chi connectivity index (χ0v) is 13.4. The first-order chi connectivity index (χ1) is 11.7. The van der Waals surface area contributed by atoms with Gasteiger partial charge in [-0.2, -0.15) is 0 Å². The minimum Gasteiger partial charge on any atom is -0.456 e. The monoisotopic (exact) mass is 322 g/mol. The van der Waals surface area contributed by atoms with E-state index in [2.05, 4.69) is 10.5 Å². The Morgan fingerprint density at radius 1 is 1.21 bits per heavy atom. The van der Waals surface area contributed by atoms with E-state index in [1.54, 1.807) is 6.08 Å². The summed E-state index contributed by atoms with van der Waals surface area (Å²) in [5.41, 5.74) is 2.04. The zero-order chi connectivity index (χ0) is 16.9. The lowest BCUT2D eigenvalue weighted by Gasteiger charge is -2.07. The van der Waals surface area contributed by atoms with Crippen molar-refractivity contribution in [2.24, 2.45) is 5.18 Å². The molecule has 0 aliphatic heterocycles. The number of allylic oxidation sites excluding steroid dienone is 1. The van der Waals surface area contributed by atoms with Gasteiger partial charge in [-0.25, -0.2) is 0 Å². The molecule has 1 heterocycles. The number of nitrogens with one attached hydrogen (secondary N) is 1. The highest BCUT2D eigenvalue weighted by molar-refractivity contribution is 5.67. The predicted molar refractivity (Wildman–Crippen MR) is 94.6 cm³/mol. The van der Waals surface area contributed by atoms with Crippen molar-refractivity contribution < 1.29 is 4.42 Å². The van der Waals surface area contributed by atoms with Gasteiger partial charge in [0.15, 0.2) is 5.43 Å². The molecule has 0 unspecified atom stereocenters. The normalized spacial score (nSPS) is 13.5. The second-order valence-corrected chi connectivity index (χ2v) is 5.46. The molecule has 0 spiro atoms. The van der Waals surface area contributed by atoms with Crippen molar-refractivity contribution in [1.82, 2.24) is 5.32 Å². The molecule has 0 bridgehead atoms. The standard InChI is InChI=1S/C19H18N2O3/c1-2-20-12-14-15(21-23)9-6-10-17-19(14)16(22)11-18(24-17)13-7-4-3-5-8-13/h3-5,7-11,20H,2,6,12H2,1H3. The van der Waals surface area contributed by atoms with Crippen molar-refractivity contribution in [1.29, 1.82) is 0 Å². The largest absolute Gasteiger partial charge is 0.456 e. The summed E-state index contributed by atoms with van der Waals surface area (Å²) in [5.74, 6) is 0.515. The van der Waals surface area contributed by atoms with Gasteiger partial charge in [-0.15, -0.1) is 4.91 Å². The predicted octanol–water partition coefficient (Wildman–Crippen LogP) is 1.90. The SMILES string of the molecule is CCNCC1=c2c(=O)cc(-c3ccccc3)oc2=CCC=C1N=O. The van der Waals surface area contributed by atoms with Gasteiger partial charge >= 0.3 is 0 Å². The molecule has 0 amide bonds. The van der Waals surface area contributed by atoms with Crippen LogP contribution in [0.25, 0.3) is 23.0 Å². The Morgan fingerprint density at radius 3 is 2.71 bits per heavy atom. The van der Waals surface area contributed by atoms with Crippen LogP contribution in [0, 0.1) is 4.91 Å². The molecule has 0 radical (unpaired) electrons. The Morgan fingerprint density at radius 2 is 2.00 bits per heavy atom. The lowest BCUT2D eigenvalue weighted by molar-refractivity contribution is 0.521. The van der Waals surface area contributed by atoms with Crippen molar-refractivity contribution in [3.8, 4) is 11.3 Å². The first-order valence-corrected chi connectivity index (χ1v) is 7.92. The van der Waals surface area contributed by atoms with Crippen LogP contribution in [0.15, 0.2) is 62.6 Å². The maximum Gasteiger partial charge on any atom is 0.193 e. The number of hydrogen-bond donors (Lipinski definition) is 1. The highest BCUT2D eigenvalue weighted by Gasteiger charge is 2.14. The number of nitrogens with zero attached hydrogens (tertiary/aromatic N) is 1. The van der Waals surface area contributed by atoms with Crippen LogP contribution in [0.5, 0.6) is 0 Å². The molecule has 0 fully saturated rings. The van der Waals surface area contributed by atoms with Gasteiger partial charge in [0.1, 0.15) is 16.9 Å². The summed E-state index contributed by atoms with van der Waals surface area (Å²) < 4.78 is 5.97. The number of benzene rings is 1. The van der Waals surface area contributed by atoms with E-state index in [1.165, 1.54) is 6.07 Å². The molecule has 24 heavy (non-hydrogen) atoms. The van der Waals surface area contributed by atoms with Crippen molar-refractivity contribution in [3.05, 3.63) is 73.9 Å². The number of fused-ring (bicyclic) bond motifs is 1. The number of hydrogen-bond acceptors (Lipinski definition) is 5. The van der Waals surface area contributed by atoms with Crippen LogP contribution in [-0.4, -0.2) is 13.1 Å². The van der Waals surface area contributed by atoms with E-state index in [0.717, 1.165) is 12.1 Å². The first kappa shape index (κ1) is 16.1. The van der Waals surface area contributed by atoms with E-state index in [9.17, 15) is 9.70 Å². The minimum absolute atomic E-state index is 0.171. The molecule has 1 aliphatic rings. The summed E-state index contributed by atoms with van der Waals surface area (Å²) in [6.45, 7) is 3.08. The van der Waals surface area contributed by atoms with Crippen LogP contribution < -0.4 is 21.4 Å². The third kappa shape index (κ3) is 3.12. The van der Waals surface area contributed by atoms with E-state index in [0.29, 0.717) is 40.6 Å². The molecule has 0 saturated heterocycles. The highest BCUT2D eigenvalue weighted by atomic mass is 16.3. The van der Waals surface area contributed by atoms with Crippen LogP contribution in [-0.2, 0) is 0 Å². The van der Waals surface area contributed by atoms with E-state index >= 15 is 0 Å². The smallest absolute Gasteiger partial charge is 0.193 e. The topological polar surface area (TPSA) is 71.7 Å². The van der Waals surface area contributed by atoms with Crippen LogP contribution in [0.1, 0.15) is 13.3 Å². The highest BCUT2D eigenvalue weighted by Crippen LogP contribution is 2.16. The number of nitroso groups, excluding NO2 is 1. The molecule has 1 aromatic carbocycles. The maximum absolute atomic E-state index is 12.7. The maximum atomic E-state index is 12.7. The zero-order valence-electron chi connectivity index (χ0n) is 13.4. The van der Waals surface area contributed by atoms with Gasteiger partial charge in [-0.05, 0) is 24.2 Å². The van der Waals surface area contributed by atoms with Crippen LogP contribution >= 0.6 is 0 Å². The van der Waals surface area contributed by atoms with E-state index in [-0.39, 0.29) is 5.43 Å². The Kier molecular flexibility index (Phi) is 4.82. The summed E-state index contributed by atoms with van der Waals surface area (Å²) in [5, 5.41) is 6.66. The Bertz CT molecular complexity index is 956. The third-order valence-electron chi connectivity index (χ3n) is 3.91. The summed E-state index contributed by atoms with van der Waals surface area (Å²) in [6, 6.07) is 10.9. The minimum atomic E-state index is -0.171. The fourth-order valence-corrected chi connectivity index (χ4v) is 2.75. The van der Waals surface area contributed by atoms with Crippen LogP contribution in [0.2, 0.25) is 0 Å². The third-order valence-corrected chi connectivity index (χ3v) is 3.91. The van der Waals surface area contributed by atoms with Gasteiger partial charge in [-0.3, -0.25) is 4.79 Å². The molecular formula is C19H18N2O3. The average molecular weight is 322 g/mol. The van der Waals surface area contributed by atoms with Crippen LogP contribution in [0.4, 0.5) is 0 Å². The van der Waals surface area contributed by atoms with E-state index in [4.69, 9.17) is 4.42 Å². The molecule has 1 aromatic heterocycles. The summed E-state index contributed by atoms with van der Waals surface area (Å²) in [6.07, 6.45) is 4.02. The van der Waals surface area contributed by atoms with Crippen molar-refractivity contribution in [2.45, 2.75) is 13.3 Å². The molecular weight excluding hydrogens is 304 g/mol. The molecule has 5 nitrogen and oxygen atoms in total. The molecule has 0 saturated carbocycles. The molecule has 1 N–H and O–H groups in total. The Hall–Kier alpha value is -2.79. The molecule has 0 atom stereocenters. The second-order valence-electron chi connectivity index (χ2n) is 5.46. The van der Waals surface area contributed by atoms with E-state index < -0.39 is 0 Å². The summed E-state index contributed by atoms with van der Waals surface area (Å²) in [4.78, 5) is 23.9. The number of rotatable bonds is 5. The molecule has 1 aliphatic carbocycles. The fraction of sp³-hybridized carbons (Fsp3) is 0.211. The first-order valence-electron chi connectivity index (χ1n) is 7.92. The molecule has 5 heteroatoms. The molecule has 3 rings (SSSR count). The fourth-order valence-electron chi connectivity index (χ4n) is 2.75. The lowest BCUT2D eigenvalue weighted by Crippen LogP contribution is -2.42. The van der Waals surface area contributed by atoms with Gasteiger partial charge in [0.05, 0.1) is 5.22 Å². The van der Waals surface area contributed by atoms with Gasteiger partial charge in [-0.1, -0.05) is 43.3 Å². The Labute approximate surface area is 139 Å². The second kappa shape index (κ2) is 7.19. The van der Waals surface area contributed by atoms with E-state index in [1.807, 2.05) is 43.3 Å². The molecule has 122 valence electrons. The summed E-state index contributed by atoms with van der Waals surface area (Å²) >= 11 is 0. The average Bonchev–Trinajstić information content (AvgIpc) is 2.79. The van der Waals surface area contributed by atoms with Crippen molar-refractivity contribution in [3.63, 3.8) is 0 Å². The summed E-state index contributed by atoms with van der Waals surface area (Å²) in [7, 11) is 0. The van der Waals surface area contributed by atoms with Gasteiger partial charge in [0, 0.05) is 23.7 Å². The van der Waals surface area contributed by atoms with Crippen molar-refractivity contribution >= 4 is 11.6 Å². The van der Waals surface area contributed by atoms with Gasteiger partial charge in [0.25, 0.3) is 0 Å². The lowest BCUT2D eigenvalue weighted by atomic mass is 10.1. The van der Waals surface area contributed by atoms with Gasteiger partial charge < -0.3 is 9.73 Å². The van der Waals surface area contributed by atoms with Gasteiger partial charge in [0.2, 0.25) is 0 Å². The Balaban J connectivity index is 2.28. The molecule has 2 aromatic rings. The van der Waals surface area contributed by atoms with Crippen LogP contribution in [0.3, 0.4) is 0 Å². The quantitative estimate of drug-likeness (QED) is 0.854. The van der Waals surface area contributed by atoms with Crippen molar-refractivity contribution in [2.75, 3.05) is 13.1 Å².